The molecule has 2 rings (SSSR count). The quantitative estimate of drug-likeness (QED) is 0.814. The van der Waals surface area contributed by atoms with E-state index in [0.717, 1.165) is 18.0 Å². The van der Waals surface area contributed by atoms with E-state index >= 15 is 0 Å². The Morgan fingerprint density at radius 1 is 1.18 bits per heavy atom. The molecule has 1 N–H and O–H groups in total. The van der Waals surface area contributed by atoms with Crippen molar-refractivity contribution in [2.24, 2.45) is 5.92 Å². The smallest absolute Gasteiger partial charge is 0.0197 e. The molecular weight excluding hydrogens is 228 g/mol. The fourth-order valence-electron chi connectivity index (χ4n) is 3.43. The second kappa shape index (κ2) is 7.01. The Kier molecular flexibility index (Phi) is 5.64. The first-order chi connectivity index (χ1) is 8.29. The first-order valence-corrected chi connectivity index (χ1v) is 8.62. The third-order valence-corrected chi connectivity index (χ3v) is 5.04. The number of thioether (sulfide) groups is 1. The molecule has 3 unspecified atom stereocenters. The Hall–Kier alpha value is 0.270. The zero-order chi connectivity index (χ0) is 12.1. The van der Waals surface area contributed by atoms with Crippen LogP contribution < -0.4 is 5.32 Å². The standard InChI is InChI=1S/C14H28N2S/c1-16(9-10-17-2)11-13-8-7-12-5-3-4-6-14(12)15-13/h12-15H,3-11H2,1-2H3. The molecule has 0 amide bonds. The Morgan fingerprint density at radius 3 is 2.82 bits per heavy atom. The number of hydrogen-bond donors (Lipinski definition) is 1. The topological polar surface area (TPSA) is 15.3 Å². The second-order valence-corrected chi connectivity index (χ2v) is 6.83. The van der Waals surface area contributed by atoms with Gasteiger partial charge in [0.1, 0.15) is 0 Å². The molecular formula is C14H28N2S. The summed E-state index contributed by atoms with van der Waals surface area (Å²) in [6.45, 7) is 2.47. The maximum absolute atomic E-state index is 3.91. The van der Waals surface area contributed by atoms with Crippen LogP contribution >= 0.6 is 11.8 Å². The van der Waals surface area contributed by atoms with Gasteiger partial charge in [0.25, 0.3) is 0 Å². The van der Waals surface area contributed by atoms with Crippen molar-refractivity contribution in [3.63, 3.8) is 0 Å². The van der Waals surface area contributed by atoms with E-state index < -0.39 is 0 Å². The Labute approximate surface area is 111 Å². The Balaban J connectivity index is 1.71. The molecule has 1 aliphatic carbocycles. The molecule has 3 heteroatoms. The number of piperidine rings is 1. The number of likely N-dealkylation sites (N-methyl/N-ethyl adjacent to an activating group) is 1. The predicted octanol–water partition coefficient (Wildman–Crippen LogP) is 2.59. The maximum Gasteiger partial charge on any atom is 0.0197 e. The fourth-order valence-corrected chi connectivity index (χ4v) is 3.93. The normalized spacial score (nSPS) is 33.7. The molecule has 3 atom stereocenters. The lowest BCUT2D eigenvalue weighted by molar-refractivity contribution is 0.154. The number of fused-ring (bicyclic) bond motifs is 1. The summed E-state index contributed by atoms with van der Waals surface area (Å²) in [6.07, 6.45) is 10.9. The Morgan fingerprint density at radius 2 is 2.00 bits per heavy atom. The number of nitrogens with zero attached hydrogens (tertiary/aromatic N) is 1. The van der Waals surface area contributed by atoms with Crippen molar-refractivity contribution in [2.45, 2.75) is 50.6 Å². The zero-order valence-electron chi connectivity index (χ0n) is 11.5. The molecule has 1 saturated carbocycles. The lowest BCUT2D eigenvalue weighted by atomic mass is 9.78. The van der Waals surface area contributed by atoms with Crippen LogP contribution in [0.5, 0.6) is 0 Å². The predicted molar refractivity (Wildman–Crippen MR) is 77.8 cm³/mol. The van der Waals surface area contributed by atoms with Crippen LogP contribution in [-0.2, 0) is 0 Å². The largest absolute Gasteiger partial charge is 0.310 e. The van der Waals surface area contributed by atoms with Crippen LogP contribution in [0.15, 0.2) is 0 Å². The van der Waals surface area contributed by atoms with Crippen molar-refractivity contribution in [1.82, 2.24) is 10.2 Å². The van der Waals surface area contributed by atoms with Crippen LogP contribution in [0.2, 0.25) is 0 Å². The van der Waals surface area contributed by atoms with E-state index in [1.807, 2.05) is 11.8 Å². The van der Waals surface area contributed by atoms with E-state index in [-0.39, 0.29) is 0 Å². The van der Waals surface area contributed by atoms with Gasteiger partial charge in [-0.15, -0.1) is 0 Å². The highest BCUT2D eigenvalue weighted by molar-refractivity contribution is 7.98. The van der Waals surface area contributed by atoms with E-state index in [1.165, 1.54) is 57.4 Å². The van der Waals surface area contributed by atoms with E-state index in [1.54, 1.807) is 0 Å². The lowest BCUT2D eigenvalue weighted by Crippen LogP contribution is -2.52. The highest BCUT2D eigenvalue weighted by Gasteiger charge is 2.31. The van der Waals surface area contributed by atoms with Gasteiger partial charge < -0.3 is 10.2 Å². The zero-order valence-corrected chi connectivity index (χ0v) is 12.3. The van der Waals surface area contributed by atoms with Gasteiger partial charge in [0.05, 0.1) is 0 Å². The minimum Gasteiger partial charge on any atom is -0.310 e. The van der Waals surface area contributed by atoms with Crippen LogP contribution in [0.4, 0.5) is 0 Å². The van der Waals surface area contributed by atoms with Gasteiger partial charge in [0.15, 0.2) is 0 Å². The molecule has 100 valence electrons. The minimum absolute atomic E-state index is 0.751. The van der Waals surface area contributed by atoms with Crippen molar-refractivity contribution in [1.29, 1.82) is 0 Å². The lowest BCUT2D eigenvalue weighted by Gasteiger charge is -2.41. The molecule has 1 aliphatic heterocycles. The average Bonchev–Trinajstić information content (AvgIpc) is 2.36. The molecule has 17 heavy (non-hydrogen) atoms. The minimum atomic E-state index is 0.751. The molecule has 0 spiro atoms. The third-order valence-electron chi connectivity index (χ3n) is 4.45. The van der Waals surface area contributed by atoms with Gasteiger partial charge in [-0.2, -0.15) is 11.8 Å². The van der Waals surface area contributed by atoms with Crippen molar-refractivity contribution in [3.05, 3.63) is 0 Å². The van der Waals surface area contributed by atoms with E-state index in [4.69, 9.17) is 0 Å². The number of rotatable bonds is 5. The summed E-state index contributed by atoms with van der Waals surface area (Å²) in [4.78, 5) is 2.50. The molecule has 1 heterocycles. The summed E-state index contributed by atoms with van der Waals surface area (Å²) in [5.74, 6) is 2.26. The molecule has 1 saturated heterocycles. The van der Waals surface area contributed by atoms with Crippen LogP contribution in [0, 0.1) is 5.92 Å². The summed E-state index contributed by atoms with van der Waals surface area (Å²) in [5, 5.41) is 3.91. The summed E-state index contributed by atoms with van der Waals surface area (Å²) >= 11 is 1.95. The van der Waals surface area contributed by atoms with Gasteiger partial charge in [0.2, 0.25) is 0 Å². The van der Waals surface area contributed by atoms with Gasteiger partial charge >= 0.3 is 0 Å². The van der Waals surface area contributed by atoms with Crippen LogP contribution in [0.25, 0.3) is 0 Å². The van der Waals surface area contributed by atoms with Crippen molar-refractivity contribution >= 4 is 11.8 Å². The Bertz CT molecular complexity index is 222. The number of hydrogen-bond acceptors (Lipinski definition) is 3. The van der Waals surface area contributed by atoms with E-state index in [9.17, 15) is 0 Å². The molecule has 2 aliphatic rings. The van der Waals surface area contributed by atoms with Gasteiger partial charge in [-0.1, -0.05) is 12.8 Å². The average molecular weight is 256 g/mol. The number of nitrogens with one attached hydrogen (secondary N) is 1. The maximum atomic E-state index is 3.91. The van der Waals surface area contributed by atoms with Gasteiger partial charge in [-0.25, -0.2) is 0 Å². The van der Waals surface area contributed by atoms with E-state index in [2.05, 4.69) is 23.5 Å². The SMILES string of the molecule is CSCCN(C)CC1CCC2CCCCC2N1. The van der Waals surface area contributed by atoms with Gasteiger partial charge in [0, 0.05) is 30.9 Å². The first-order valence-electron chi connectivity index (χ1n) is 7.23. The van der Waals surface area contributed by atoms with E-state index in [0.29, 0.717) is 0 Å². The van der Waals surface area contributed by atoms with Gasteiger partial charge in [-0.3, -0.25) is 0 Å². The highest BCUT2D eigenvalue weighted by Crippen LogP contribution is 2.32. The first kappa shape index (κ1) is 13.7. The molecule has 0 aromatic carbocycles. The summed E-state index contributed by atoms with van der Waals surface area (Å²) in [6, 6.07) is 1.60. The van der Waals surface area contributed by atoms with Crippen LogP contribution in [0.1, 0.15) is 38.5 Å². The molecule has 2 nitrogen and oxygen atoms in total. The van der Waals surface area contributed by atoms with Crippen molar-refractivity contribution in [2.75, 3.05) is 32.1 Å². The monoisotopic (exact) mass is 256 g/mol. The second-order valence-electron chi connectivity index (χ2n) is 5.85. The molecule has 0 aromatic rings. The summed E-state index contributed by atoms with van der Waals surface area (Å²) in [5.41, 5.74) is 0. The highest BCUT2D eigenvalue weighted by atomic mass is 32.2. The van der Waals surface area contributed by atoms with Crippen LogP contribution in [0.3, 0.4) is 0 Å². The fraction of sp³-hybridized carbons (Fsp3) is 1.00. The summed E-state index contributed by atoms with van der Waals surface area (Å²) < 4.78 is 0. The molecule has 2 fully saturated rings. The summed E-state index contributed by atoms with van der Waals surface area (Å²) in [7, 11) is 2.27. The van der Waals surface area contributed by atoms with Crippen molar-refractivity contribution < 1.29 is 0 Å². The third kappa shape index (κ3) is 4.15. The van der Waals surface area contributed by atoms with Gasteiger partial charge in [-0.05, 0) is 44.9 Å². The van der Waals surface area contributed by atoms with Crippen LogP contribution in [-0.4, -0.2) is 49.1 Å². The van der Waals surface area contributed by atoms with Crippen molar-refractivity contribution in [3.8, 4) is 0 Å². The molecule has 0 radical (unpaired) electrons. The molecule has 0 aromatic heterocycles. The molecule has 0 bridgehead atoms.